The van der Waals surface area contributed by atoms with Crippen LogP contribution < -0.4 is 10.2 Å². The average Bonchev–Trinajstić information content (AvgIpc) is 2.63. The molecule has 0 aliphatic carbocycles. The van der Waals surface area contributed by atoms with E-state index >= 15 is 0 Å². The molecule has 1 aromatic rings. The van der Waals surface area contributed by atoms with Gasteiger partial charge in [-0.25, -0.2) is 4.98 Å². The van der Waals surface area contributed by atoms with Gasteiger partial charge in [-0.3, -0.25) is 0 Å². The highest BCUT2D eigenvalue weighted by molar-refractivity contribution is 7.15. The molecule has 0 spiro atoms. The zero-order chi connectivity index (χ0) is 11.3. The summed E-state index contributed by atoms with van der Waals surface area (Å²) in [5.41, 5.74) is 0. The lowest BCUT2D eigenvalue weighted by Gasteiger charge is -2.08. The van der Waals surface area contributed by atoms with Crippen molar-refractivity contribution >= 4 is 16.5 Å². The van der Waals surface area contributed by atoms with E-state index in [0.29, 0.717) is 6.42 Å². The van der Waals surface area contributed by atoms with Crippen molar-refractivity contribution in [1.29, 1.82) is 5.26 Å². The molecule has 0 saturated heterocycles. The van der Waals surface area contributed by atoms with E-state index in [2.05, 4.69) is 16.4 Å². The van der Waals surface area contributed by atoms with Gasteiger partial charge in [0.05, 0.1) is 12.5 Å². The molecule has 1 rings (SSSR count). The standard InChI is InChI=1S/C10H16N4S/c1-8(4-5-11)12-6-9-7-13-10(15-9)14(2)3/h7-8,12H,4,6H2,1-3H3. The molecule has 4 nitrogen and oxygen atoms in total. The Bertz CT molecular complexity index is 339. The summed E-state index contributed by atoms with van der Waals surface area (Å²) in [4.78, 5) is 7.47. The summed E-state index contributed by atoms with van der Waals surface area (Å²) in [6.45, 7) is 2.80. The van der Waals surface area contributed by atoms with Crippen molar-refractivity contribution in [2.24, 2.45) is 0 Å². The molecule has 1 heterocycles. The van der Waals surface area contributed by atoms with Gasteiger partial charge in [-0.2, -0.15) is 5.26 Å². The van der Waals surface area contributed by atoms with Gasteiger partial charge in [-0.1, -0.05) is 0 Å². The minimum atomic E-state index is 0.236. The third-order valence-electron chi connectivity index (χ3n) is 1.95. The Balaban J connectivity index is 2.41. The Morgan fingerprint density at radius 2 is 2.40 bits per heavy atom. The Morgan fingerprint density at radius 1 is 1.67 bits per heavy atom. The number of aromatic nitrogens is 1. The number of thiazole rings is 1. The molecular weight excluding hydrogens is 208 g/mol. The van der Waals surface area contributed by atoms with Crippen LogP contribution in [-0.2, 0) is 6.54 Å². The van der Waals surface area contributed by atoms with Crippen LogP contribution in [-0.4, -0.2) is 25.1 Å². The molecule has 1 N–H and O–H groups in total. The number of nitriles is 1. The predicted octanol–water partition coefficient (Wildman–Crippen LogP) is 1.60. The molecule has 0 aliphatic heterocycles. The summed E-state index contributed by atoms with van der Waals surface area (Å²) < 4.78 is 0. The number of rotatable bonds is 5. The van der Waals surface area contributed by atoms with Gasteiger partial charge in [0.1, 0.15) is 0 Å². The normalized spacial score (nSPS) is 12.1. The molecule has 0 amide bonds. The van der Waals surface area contributed by atoms with E-state index in [1.807, 2.05) is 32.1 Å². The molecule has 0 aromatic carbocycles. The van der Waals surface area contributed by atoms with Crippen LogP contribution in [0.15, 0.2) is 6.20 Å². The maximum Gasteiger partial charge on any atom is 0.185 e. The van der Waals surface area contributed by atoms with E-state index in [1.165, 1.54) is 4.88 Å². The predicted molar refractivity (Wildman–Crippen MR) is 63.0 cm³/mol. The van der Waals surface area contributed by atoms with Crippen molar-refractivity contribution in [3.8, 4) is 6.07 Å². The minimum absolute atomic E-state index is 0.236. The second kappa shape index (κ2) is 5.69. The molecule has 0 saturated carbocycles. The fourth-order valence-electron chi connectivity index (χ4n) is 1.07. The topological polar surface area (TPSA) is 52.0 Å². The lowest BCUT2D eigenvalue weighted by Crippen LogP contribution is -2.24. The van der Waals surface area contributed by atoms with Crippen LogP contribution in [0.2, 0.25) is 0 Å². The Kier molecular flexibility index (Phi) is 4.53. The van der Waals surface area contributed by atoms with Gasteiger partial charge < -0.3 is 10.2 Å². The highest BCUT2D eigenvalue weighted by atomic mass is 32.1. The SMILES string of the molecule is CC(CC#N)NCc1cnc(N(C)C)s1. The fourth-order valence-corrected chi connectivity index (χ4v) is 1.85. The highest BCUT2D eigenvalue weighted by Crippen LogP contribution is 2.20. The second-order valence-corrected chi connectivity index (χ2v) is 4.74. The molecule has 1 atom stereocenters. The molecule has 0 radical (unpaired) electrons. The van der Waals surface area contributed by atoms with Crippen molar-refractivity contribution in [1.82, 2.24) is 10.3 Å². The van der Waals surface area contributed by atoms with Crippen molar-refractivity contribution in [2.75, 3.05) is 19.0 Å². The van der Waals surface area contributed by atoms with Crippen molar-refractivity contribution in [3.63, 3.8) is 0 Å². The van der Waals surface area contributed by atoms with Gasteiger partial charge >= 0.3 is 0 Å². The van der Waals surface area contributed by atoms with E-state index in [1.54, 1.807) is 11.3 Å². The van der Waals surface area contributed by atoms with Gasteiger partial charge in [-0.05, 0) is 6.92 Å². The number of nitrogens with one attached hydrogen (secondary N) is 1. The van der Waals surface area contributed by atoms with E-state index in [4.69, 9.17) is 5.26 Å². The van der Waals surface area contributed by atoms with Crippen LogP contribution in [0.5, 0.6) is 0 Å². The number of hydrogen-bond acceptors (Lipinski definition) is 5. The summed E-state index contributed by atoms with van der Waals surface area (Å²) in [5.74, 6) is 0. The maximum atomic E-state index is 8.50. The molecule has 0 aliphatic rings. The largest absolute Gasteiger partial charge is 0.354 e. The van der Waals surface area contributed by atoms with Crippen molar-refractivity contribution < 1.29 is 0 Å². The average molecular weight is 224 g/mol. The van der Waals surface area contributed by atoms with E-state index in [-0.39, 0.29) is 6.04 Å². The number of hydrogen-bond donors (Lipinski definition) is 1. The van der Waals surface area contributed by atoms with Gasteiger partial charge in [0.2, 0.25) is 0 Å². The molecular formula is C10H16N4S. The van der Waals surface area contributed by atoms with Crippen LogP contribution in [0.25, 0.3) is 0 Å². The molecule has 1 aromatic heterocycles. The third kappa shape index (κ3) is 3.86. The molecule has 5 heteroatoms. The first-order valence-electron chi connectivity index (χ1n) is 4.86. The fraction of sp³-hybridized carbons (Fsp3) is 0.600. The molecule has 0 bridgehead atoms. The van der Waals surface area contributed by atoms with Crippen LogP contribution >= 0.6 is 11.3 Å². The second-order valence-electron chi connectivity index (χ2n) is 3.65. The Labute approximate surface area is 94.5 Å². The molecule has 0 fully saturated rings. The number of anilines is 1. The van der Waals surface area contributed by atoms with Crippen LogP contribution in [0.3, 0.4) is 0 Å². The summed E-state index contributed by atoms with van der Waals surface area (Å²) in [5, 5.41) is 12.8. The summed E-state index contributed by atoms with van der Waals surface area (Å²) >= 11 is 1.67. The first kappa shape index (κ1) is 12.0. The molecule has 82 valence electrons. The van der Waals surface area contributed by atoms with Gasteiger partial charge in [-0.15, -0.1) is 11.3 Å². The lowest BCUT2D eigenvalue weighted by atomic mass is 10.2. The number of nitrogens with zero attached hydrogens (tertiary/aromatic N) is 3. The van der Waals surface area contributed by atoms with Gasteiger partial charge in [0.15, 0.2) is 5.13 Å². The quantitative estimate of drug-likeness (QED) is 0.825. The Morgan fingerprint density at radius 3 is 2.93 bits per heavy atom. The smallest absolute Gasteiger partial charge is 0.185 e. The summed E-state index contributed by atoms with van der Waals surface area (Å²) in [6, 6.07) is 2.38. The van der Waals surface area contributed by atoms with Crippen LogP contribution in [0.4, 0.5) is 5.13 Å². The van der Waals surface area contributed by atoms with Crippen molar-refractivity contribution in [2.45, 2.75) is 25.9 Å². The monoisotopic (exact) mass is 224 g/mol. The lowest BCUT2D eigenvalue weighted by molar-refractivity contribution is 0.560. The van der Waals surface area contributed by atoms with Crippen molar-refractivity contribution in [3.05, 3.63) is 11.1 Å². The van der Waals surface area contributed by atoms with E-state index in [0.717, 1.165) is 11.7 Å². The van der Waals surface area contributed by atoms with E-state index < -0.39 is 0 Å². The zero-order valence-corrected chi connectivity index (χ0v) is 10.1. The summed E-state index contributed by atoms with van der Waals surface area (Å²) in [6.07, 6.45) is 2.42. The zero-order valence-electron chi connectivity index (χ0n) is 9.32. The first-order chi connectivity index (χ1) is 7.13. The van der Waals surface area contributed by atoms with Crippen LogP contribution in [0.1, 0.15) is 18.2 Å². The first-order valence-corrected chi connectivity index (χ1v) is 5.67. The minimum Gasteiger partial charge on any atom is -0.354 e. The summed E-state index contributed by atoms with van der Waals surface area (Å²) in [7, 11) is 3.96. The van der Waals surface area contributed by atoms with Gasteiger partial charge in [0.25, 0.3) is 0 Å². The highest BCUT2D eigenvalue weighted by Gasteiger charge is 2.05. The Hall–Kier alpha value is -1.12. The molecule has 1 unspecified atom stereocenters. The van der Waals surface area contributed by atoms with Crippen LogP contribution in [0, 0.1) is 11.3 Å². The third-order valence-corrected chi connectivity index (χ3v) is 3.11. The maximum absolute atomic E-state index is 8.50. The van der Waals surface area contributed by atoms with E-state index in [9.17, 15) is 0 Å². The molecule has 15 heavy (non-hydrogen) atoms. The van der Waals surface area contributed by atoms with Gasteiger partial charge in [0, 0.05) is 37.8 Å².